The molecule has 0 aromatic heterocycles. The second kappa shape index (κ2) is 12.0. The summed E-state index contributed by atoms with van der Waals surface area (Å²) in [5, 5.41) is 37.3. The van der Waals surface area contributed by atoms with Crippen LogP contribution in [0.5, 0.6) is 0 Å². The van der Waals surface area contributed by atoms with Crippen molar-refractivity contribution in [1.29, 1.82) is 0 Å². The van der Waals surface area contributed by atoms with Gasteiger partial charge in [-0.05, 0) is 54.4 Å². The van der Waals surface area contributed by atoms with Gasteiger partial charge in [-0.25, -0.2) is 9.59 Å². The highest BCUT2D eigenvalue weighted by atomic mass is 16.6. The Morgan fingerprint density at radius 3 is 1.28 bits per heavy atom. The van der Waals surface area contributed by atoms with Gasteiger partial charge in [0.2, 0.25) is 0 Å². The van der Waals surface area contributed by atoms with E-state index in [1.807, 2.05) is 41.5 Å². The summed E-state index contributed by atoms with van der Waals surface area (Å²) in [6.07, 6.45) is -0.906. The first-order valence-electron chi connectivity index (χ1n) is 11.2. The lowest BCUT2D eigenvalue weighted by Gasteiger charge is -2.35. The monoisotopic (exact) mass is 462 g/mol. The van der Waals surface area contributed by atoms with Gasteiger partial charge in [0.15, 0.2) is 0 Å². The van der Waals surface area contributed by atoms with E-state index in [4.69, 9.17) is 19.7 Å². The summed E-state index contributed by atoms with van der Waals surface area (Å²) in [5.74, 6) is -0.252. The molecule has 0 bridgehead atoms. The highest BCUT2D eigenvalue weighted by Crippen LogP contribution is 2.20. The summed E-state index contributed by atoms with van der Waals surface area (Å²) in [6, 6.07) is 0. The third-order valence-electron chi connectivity index (χ3n) is 5.22. The second-order valence-electron chi connectivity index (χ2n) is 10.5. The fourth-order valence-corrected chi connectivity index (χ4v) is 3.37. The highest BCUT2D eigenvalue weighted by Gasteiger charge is 2.33. The zero-order chi connectivity index (χ0) is 24.7. The van der Waals surface area contributed by atoms with Gasteiger partial charge in [0, 0.05) is 38.1 Å². The Kier molecular flexibility index (Phi) is 10.7. The van der Waals surface area contributed by atoms with E-state index < -0.39 is 35.6 Å². The highest BCUT2D eigenvalue weighted by molar-refractivity contribution is 5.68. The number of aliphatic hydroxyl groups is 4. The fraction of sp³-hybridized carbons (Fsp3) is 0.909. The van der Waals surface area contributed by atoms with Gasteiger partial charge >= 0.3 is 12.2 Å². The number of likely N-dealkylation sites (tertiary alicyclic amines) is 2. The van der Waals surface area contributed by atoms with Gasteiger partial charge in [-0.15, -0.1) is 0 Å². The molecule has 4 unspecified atom stereocenters. The van der Waals surface area contributed by atoms with Gasteiger partial charge in [0.1, 0.15) is 11.2 Å². The lowest BCUT2D eigenvalue weighted by molar-refractivity contribution is -0.0235. The molecule has 0 radical (unpaired) electrons. The molecule has 0 aromatic rings. The van der Waals surface area contributed by atoms with E-state index in [0.29, 0.717) is 25.9 Å². The number of carbonyl (C=O) groups excluding carboxylic acids is 2. The summed E-state index contributed by atoms with van der Waals surface area (Å²) >= 11 is 0. The van der Waals surface area contributed by atoms with Crippen LogP contribution in [0.15, 0.2) is 0 Å². The number of nitrogens with zero attached hydrogens (tertiary/aromatic N) is 2. The van der Waals surface area contributed by atoms with E-state index in [9.17, 15) is 19.8 Å². The van der Waals surface area contributed by atoms with E-state index in [2.05, 4.69) is 0 Å². The van der Waals surface area contributed by atoms with Crippen molar-refractivity contribution in [2.45, 2.75) is 77.8 Å². The van der Waals surface area contributed by atoms with Crippen molar-refractivity contribution in [3.8, 4) is 0 Å². The third kappa shape index (κ3) is 9.89. The summed E-state index contributed by atoms with van der Waals surface area (Å²) in [4.78, 5) is 26.3. The van der Waals surface area contributed by atoms with E-state index in [-0.39, 0.29) is 38.1 Å². The van der Waals surface area contributed by atoms with Crippen LogP contribution in [0.2, 0.25) is 0 Å². The molecule has 2 rings (SSSR count). The zero-order valence-corrected chi connectivity index (χ0v) is 20.3. The number of β-amino-alcohol motifs (C(OH)–C–C–N with tert-alkyl or cyclic N) is 2. The molecule has 10 nitrogen and oxygen atoms in total. The SMILES string of the molecule is CC(C)(C)OC(=O)N1CCC(CO)C(O)C1.CC(C)(C)OC(=O)N1CCC(CO)C(O)C1. The predicted octanol–water partition coefficient (Wildman–Crippen LogP) is 1.19. The van der Waals surface area contributed by atoms with E-state index in [0.717, 1.165) is 0 Å². The molecule has 10 heteroatoms. The molecule has 32 heavy (non-hydrogen) atoms. The summed E-state index contributed by atoms with van der Waals surface area (Å²) < 4.78 is 10.4. The Balaban J connectivity index is 0.000000320. The van der Waals surface area contributed by atoms with Gasteiger partial charge in [-0.3, -0.25) is 0 Å². The normalized spacial score (nSPS) is 26.7. The van der Waals surface area contributed by atoms with Crippen molar-refractivity contribution in [3.63, 3.8) is 0 Å². The Morgan fingerprint density at radius 2 is 1.06 bits per heavy atom. The first-order chi connectivity index (χ1) is 14.7. The molecule has 0 saturated carbocycles. The molecule has 2 amide bonds. The Labute approximate surface area is 191 Å². The first kappa shape index (κ1) is 28.4. The maximum absolute atomic E-state index is 11.7. The number of hydrogen-bond donors (Lipinski definition) is 4. The van der Waals surface area contributed by atoms with Crippen molar-refractivity contribution in [2.75, 3.05) is 39.4 Å². The maximum Gasteiger partial charge on any atom is 0.410 e. The third-order valence-corrected chi connectivity index (χ3v) is 5.22. The molecular formula is C22H42N2O8. The van der Waals surface area contributed by atoms with Crippen LogP contribution in [0, 0.1) is 11.8 Å². The van der Waals surface area contributed by atoms with Gasteiger partial charge in [0.25, 0.3) is 0 Å². The number of amides is 2. The Hall–Kier alpha value is -1.62. The van der Waals surface area contributed by atoms with Gasteiger partial charge < -0.3 is 39.7 Å². The van der Waals surface area contributed by atoms with Crippen LogP contribution in [0.1, 0.15) is 54.4 Å². The molecule has 0 aliphatic carbocycles. The molecule has 0 spiro atoms. The molecule has 2 saturated heterocycles. The number of ether oxygens (including phenoxy) is 2. The van der Waals surface area contributed by atoms with Crippen LogP contribution < -0.4 is 0 Å². The molecule has 2 heterocycles. The van der Waals surface area contributed by atoms with Crippen molar-refractivity contribution >= 4 is 12.2 Å². The smallest absolute Gasteiger partial charge is 0.410 e. The average Bonchev–Trinajstić information content (AvgIpc) is 2.65. The standard InChI is InChI=1S/2C11H21NO4/c2*1-11(2,3)16-10(15)12-5-4-8(7-13)9(14)6-12/h2*8-9,13-14H,4-7H2,1-3H3. The number of rotatable bonds is 2. The van der Waals surface area contributed by atoms with E-state index in [1.54, 1.807) is 0 Å². The molecule has 188 valence electrons. The largest absolute Gasteiger partial charge is 0.444 e. The minimum Gasteiger partial charge on any atom is -0.444 e. The van der Waals surface area contributed by atoms with Crippen LogP contribution >= 0.6 is 0 Å². The lowest BCUT2D eigenvalue weighted by Crippen LogP contribution is -2.49. The summed E-state index contributed by atoms with van der Waals surface area (Å²) in [6.45, 7) is 12.3. The quantitative estimate of drug-likeness (QED) is 0.480. The molecule has 2 fully saturated rings. The van der Waals surface area contributed by atoms with Gasteiger partial charge in [-0.1, -0.05) is 0 Å². The van der Waals surface area contributed by atoms with Crippen LogP contribution in [0.3, 0.4) is 0 Å². The second-order valence-corrected chi connectivity index (χ2v) is 10.5. The number of aliphatic hydroxyl groups excluding tert-OH is 4. The van der Waals surface area contributed by atoms with Crippen LogP contribution in [-0.4, -0.2) is 105 Å². The Bertz CT molecular complexity index is 550. The maximum atomic E-state index is 11.7. The van der Waals surface area contributed by atoms with E-state index >= 15 is 0 Å². The first-order valence-corrected chi connectivity index (χ1v) is 11.2. The minimum absolute atomic E-state index is 0.0384. The number of hydrogen-bond acceptors (Lipinski definition) is 8. The zero-order valence-electron chi connectivity index (χ0n) is 20.3. The van der Waals surface area contributed by atoms with Crippen LogP contribution in [0.25, 0.3) is 0 Å². The van der Waals surface area contributed by atoms with Crippen molar-refractivity contribution in [3.05, 3.63) is 0 Å². The summed E-state index contributed by atoms with van der Waals surface area (Å²) in [7, 11) is 0. The van der Waals surface area contributed by atoms with Crippen molar-refractivity contribution in [2.24, 2.45) is 11.8 Å². The lowest BCUT2D eigenvalue weighted by atomic mass is 9.95. The van der Waals surface area contributed by atoms with E-state index in [1.165, 1.54) is 9.80 Å². The molecule has 2 aliphatic heterocycles. The van der Waals surface area contributed by atoms with Crippen LogP contribution in [0.4, 0.5) is 9.59 Å². The van der Waals surface area contributed by atoms with Gasteiger partial charge in [0.05, 0.1) is 25.3 Å². The van der Waals surface area contributed by atoms with Gasteiger partial charge in [-0.2, -0.15) is 0 Å². The Morgan fingerprint density at radius 1 is 0.750 bits per heavy atom. The molecule has 0 aromatic carbocycles. The minimum atomic E-state index is -0.661. The number of carbonyl (C=O) groups is 2. The number of piperidine rings is 2. The van der Waals surface area contributed by atoms with Crippen LogP contribution in [-0.2, 0) is 9.47 Å². The van der Waals surface area contributed by atoms with Crippen molar-refractivity contribution < 1.29 is 39.5 Å². The topological polar surface area (TPSA) is 140 Å². The average molecular weight is 463 g/mol. The fourth-order valence-electron chi connectivity index (χ4n) is 3.37. The summed E-state index contributed by atoms with van der Waals surface area (Å²) in [5.41, 5.74) is -1.04. The molecule has 4 N–H and O–H groups in total. The molecule has 2 aliphatic rings. The predicted molar refractivity (Wildman–Crippen MR) is 118 cm³/mol. The molecular weight excluding hydrogens is 420 g/mol. The van der Waals surface area contributed by atoms with Crippen molar-refractivity contribution in [1.82, 2.24) is 9.80 Å². The molecule has 4 atom stereocenters.